The molecule has 0 aliphatic carbocycles. The molecule has 4 aromatic carbocycles. The molecule has 0 fully saturated rings. The van der Waals surface area contributed by atoms with Gasteiger partial charge in [-0.25, -0.2) is 0 Å². The molecule has 2 amide bonds. The first-order valence-corrected chi connectivity index (χ1v) is 12.0. The number of para-hydroxylation sites is 2. The van der Waals surface area contributed by atoms with Crippen molar-refractivity contribution in [2.45, 2.75) is 6.92 Å². The number of aryl methyl sites for hydroxylation is 1. The monoisotopic (exact) mass is 507 g/mol. The molecule has 0 radical (unpaired) electrons. The predicted octanol–water partition coefficient (Wildman–Crippen LogP) is 6.03. The van der Waals surface area contributed by atoms with Gasteiger partial charge in [-0.2, -0.15) is 0 Å². The molecule has 0 atom stereocenters. The molecule has 0 saturated heterocycles. The number of amides is 2. The Kier molecular flexibility index (Phi) is 8.08. The minimum atomic E-state index is -0.297. The summed E-state index contributed by atoms with van der Waals surface area (Å²) in [5.74, 6) is 0.577. The van der Waals surface area contributed by atoms with Crippen molar-refractivity contribution in [3.05, 3.63) is 113 Å². The van der Waals surface area contributed by atoms with E-state index in [1.807, 2.05) is 43.3 Å². The molecule has 0 aliphatic heterocycles. The molecule has 0 bridgehead atoms. The van der Waals surface area contributed by atoms with Gasteiger partial charge in [-0.05, 0) is 72.7 Å². The fourth-order valence-electron chi connectivity index (χ4n) is 3.83. The molecular weight excluding hydrogens is 478 g/mol. The molecule has 0 aliphatic rings. The Balaban J connectivity index is 1.57. The van der Waals surface area contributed by atoms with E-state index in [1.54, 1.807) is 74.9 Å². The first-order chi connectivity index (χ1) is 18.4. The SMILES string of the molecule is COc1ccc(C=C(C(=O)Nc2ccc(C(=O)Nc3ccccc3N)cc2)c2ccc(C)cc2)cc1OC. The van der Waals surface area contributed by atoms with Gasteiger partial charge in [0.05, 0.1) is 25.6 Å². The summed E-state index contributed by atoms with van der Waals surface area (Å²) in [6.45, 7) is 1.99. The van der Waals surface area contributed by atoms with Gasteiger partial charge in [0.15, 0.2) is 11.5 Å². The minimum absolute atomic E-state index is 0.294. The Bertz CT molecular complexity index is 1480. The number of nitrogens with one attached hydrogen (secondary N) is 2. The van der Waals surface area contributed by atoms with E-state index in [0.29, 0.717) is 39.7 Å². The van der Waals surface area contributed by atoms with Crippen molar-refractivity contribution >= 4 is 40.5 Å². The molecule has 38 heavy (non-hydrogen) atoms. The van der Waals surface area contributed by atoms with E-state index in [4.69, 9.17) is 15.2 Å². The van der Waals surface area contributed by atoms with Gasteiger partial charge in [0.25, 0.3) is 11.8 Å². The van der Waals surface area contributed by atoms with Crippen LogP contribution in [0.25, 0.3) is 11.6 Å². The zero-order valence-electron chi connectivity index (χ0n) is 21.4. The third kappa shape index (κ3) is 6.20. The van der Waals surface area contributed by atoms with Gasteiger partial charge in [-0.3, -0.25) is 9.59 Å². The maximum Gasteiger partial charge on any atom is 0.256 e. The second-order valence-electron chi connectivity index (χ2n) is 8.61. The molecular formula is C31H29N3O4. The number of hydrogen-bond acceptors (Lipinski definition) is 5. The number of carbonyl (C=O) groups excluding carboxylic acids is 2. The maximum absolute atomic E-state index is 13.4. The summed E-state index contributed by atoms with van der Waals surface area (Å²) in [5, 5.41) is 5.73. The van der Waals surface area contributed by atoms with Gasteiger partial charge in [0.2, 0.25) is 0 Å². The second-order valence-corrected chi connectivity index (χ2v) is 8.61. The van der Waals surface area contributed by atoms with E-state index in [-0.39, 0.29) is 11.8 Å². The number of anilines is 3. The van der Waals surface area contributed by atoms with Crippen LogP contribution in [0.5, 0.6) is 11.5 Å². The Labute approximate surface area is 221 Å². The Morgan fingerprint density at radius 2 is 1.42 bits per heavy atom. The standard InChI is InChI=1S/C31H29N3O4/c1-20-8-11-22(12-9-20)25(18-21-10-17-28(37-2)29(19-21)38-3)31(36)33-24-15-13-23(14-16-24)30(35)34-27-7-5-4-6-26(27)32/h4-19H,32H2,1-3H3,(H,33,36)(H,34,35). The van der Waals surface area contributed by atoms with Gasteiger partial charge in [-0.1, -0.05) is 48.0 Å². The number of nitrogens with two attached hydrogens (primary N) is 1. The van der Waals surface area contributed by atoms with Crippen molar-refractivity contribution in [3.63, 3.8) is 0 Å². The van der Waals surface area contributed by atoms with Crippen LogP contribution in [-0.4, -0.2) is 26.0 Å². The van der Waals surface area contributed by atoms with E-state index in [9.17, 15) is 9.59 Å². The van der Waals surface area contributed by atoms with Gasteiger partial charge >= 0.3 is 0 Å². The summed E-state index contributed by atoms with van der Waals surface area (Å²) >= 11 is 0. The molecule has 7 heteroatoms. The molecule has 0 unspecified atom stereocenters. The number of rotatable bonds is 8. The van der Waals surface area contributed by atoms with Gasteiger partial charge in [-0.15, -0.1) is 0 Å². The average Bonchev–Trinajstić information content (AvgIpc) is 2.93. The number of methoxy groups -OCH3 is 2. The van der Waals surface area contributed by atoms with Crippen LogP contribution in [0.15, 0.2) is 91.0 Å². The summed E-state index contributed by atoms with van der Waals surface area (Å²) in [5.41, 5.74) is 11.0. The van der Waals surface area contributed by atoms with Crippen LogP contribution < -0.4 is 25.8 Å². The first-order valence-electron chi connectivity index (χ1n) is 12.0. The van der Waals surface area contributed by atoms with Crippen LogP contribution in [0.1, 0.15) is 27.0 Å². The lowest BCUT2D eigenvalue weighted by Gasteiger charge is -2.12. The highest BCUT2D eigenvalue weighted by Crippen LogP contribution is 2.30. The minimum Gasteiger partial charge on any atom is -0.493 e. The van der Waals surface area contributed by atoms with Crippen LogP contribution in [0.2, 0.25) is 0 Å². The van der Waals surface area contributed by atoms with Crippen molar-refractivity contribution in [3.8, 4) is 11.5 Å². The third-order valence-electron chi connectivity index (χ3n) is 5.94. The fourth-order valence-corrected chi connectivity index (χ4v) is 3.83. The van der Waals surface area contributed by atoms with Gasteiger partial charge in [0, 0.05) is 16.8 Å². The second kappa shape index (κ2) is 11.8. The number of benzene rings is 4. The zero-order valence-corrected chi connectivity index (χ0v) is 21.4. The Morgan fingerprint density at radius 3 is 2.08 bits per heavy atom. The van der Waals surface area contributed by atoms with Crippen molar-refractivity contribution in [2.24, 2.45) is 0 Å². The quantitative estimate of drug-likeness (QED) is 0.154. The molecule has 192 valence electrons. The molecule has 7 nitrogen and oxygen atoms in total. The number of carbonyl (C=O) groups is 2. The van der Waals surface area contributed by atoms with E-state index in [2.05, 4.69) is 10.6 Å². The summed E-state index contributed by atoms with van der Waals surface area (Å²) in [4.78, 5) is 26.1. The van der Waals surface area contributed by atoms with Gasteiger partial charge in [0.1, 0.15) is 0 Å². The third-order valence-corrected chi connectivity index (χ3v) is 5.94. The summed E-state index contributed by atoms with van der Waals surface area (Å²) < 4.78 is 10.7. The van der Waals surface area contributed by atoms with Crippen LogP contribution in [0.3, 0.4) is 0 Å². The molecule has 4 rings (SSSR count). The fraction of sp³-hybridized carbons (Fsp3) is 0.0968. The highest BCUT2D eigenvalue weighted by Gasteiger charge is 2.15. The molecule has 4 aromatic rings. The smallest absolute Gasteiger partial charge is 0.256 e. The van der Waals surface area contributed by atoms with Gasteiger partial charge < -0.3 is 25.8 Å². The number of nitrogen functional groups attached to an aromatic ring is 1. The summed E-state index contributed by atoms with van der Waals surface area (Å²) in [6.07, 6.45) is 1.80. The number of hydrogen-bond donors (Lipinski definition) is 3. The molecule has 0 aromatic heterocycles. The molecule has 4 N–H and O–H groups in total. The highest BCUT2D eigenvalue weighted by molar-refractivity contribution is 6.29. The lowest BCUT2D eigenvalue weighted by atomic mass is 10.0. The Hall–Kier alpha value is -5.04. The Morgan fingerprint density at radius 1 is 0.763 bits per heavy atom. The van der Waals surface area contributed by atoms with E-state index in [0.717, 1.165) is 16.7 Å². The maximum atomic E-state index is 13.4. The zero-order chi connectivity index (χ0) is 27.1. The lowest BCUT2D eigenvalue weighted by molar-refractivity contribution is -0.111. The normalized spacial score (nSPS) is 11.0. The van der Waals surface area contributed by atoms with Crippen LogP contribution in [0, 0.1) is 6.92 Å². The van der Waals surface area contributed by atoms with Crippen molar-refractivity contribution < 1.29 is 19.1 Å². The molecule has 0 saturated carbocycles. The molecule has 0 spiro atoms. The van der Waals surface area contributed by atoms with Crippen LogP contribution in [-0.2, 0) is 4.79 Å². The summed E-state index contributed by atoms with van der Waals surface area (Å²) in [7, 11) is 3.14. The van der Waals surface area contributed by atoms with Crippen molar-refractivity contribution in [1.29, 1.82) is 0 Å². The van der Waals surface area contributed by atoms with E-state index >= 15 is 0 Å². The first kappa shape index (κ1) is 26.0. The van der Waals surface area contributed by atoms with Crippen molar-refractivity contribution in [1.82, 2.24) is 0 Å². The molecule has 0 heterocycles. The van der Waals surface area contributed by atoms with Crippen LogP contribution >= 0.6 is 0 Å². The highest BCUT2D eigenvalue weighted by atomic mass is 16.5. The number of ether oxygens (including phenoxy) is 2. The average molecular weight is 508 g/mol. The lowest BCUT2D eigenvalue weighted by Crippen LogP contribution is -2.15. The predicted molar refractivity (Wildman–Crippen MR) is 152 cm³/mol. The topological polar surface area (TPSA) is 103 Å². The summed E-state index contributed by atoms with van der Waals surface area (Å²) in [6, 6.07) is 26.9. The van der Waals surface area contributed by atoms with Crippen molar-refractivity contribution in [2.75, 3.05) is 30.6 Å². The van der Waals surface area contributed by atoms with E-state index < -0.39 is 0 Å². The largest absolute Gasteiger partial charge is 0.493 e. The van der Waals surface area contributed by atoms with E-state index in [1.165, 1.54) is 0 Å². The van der Waals surface area contributed by atoms with Crippen LogP contribution in [0.4, 0.5) is 17.1 Å².